The molecule has 0 radical (unpaired) electrons. The zero-order valence-corrected chi connectivity index (χ0v) is 21.8. The Kier molecular flexibility index (Phi) is 7.70. The Labute approximate surface area is 220 Å². The van der Waals surface area contributed by atoms with Crippen LogP contribution in [0.1, 0.15) is 49.7 Å². The number of piperidine rings is 1. The smallest absolute Gasteiger partial charge is 0.240 e. The van der Waals surface area contributed by atoms with Gasteiger partial charge in [-0.25, -0.2) is 26.3 Å². The van der Waals surface area contributed by atoms with Crippen LogP contribution in [0.25, 0.3) is 0 Å². The van der Waals surface area contributed by atoms with E-state index in [0.29, 0.717) is 31.3 Å². The highest BCUT2D eigenvalue weighted by Crippen LogP contribution is 2.40. The van der Waals surface area contributed by atoms with Gasteiger partial charge in [0.1, 0.15) is 11.6 Å². The molecule has 11 heteroatoms. The molecule has 38 heavy (non-hydrogen) atoms. The number of nitrogens with one attached hydrogen (secondary N) is 1. The van der Waals surface area contributed by atoms with Crippen LogP contribution in [0.15, 0.2) is 35.2 Å². The number of nitrogens with two attached hydrogens (primary N) is 1. The lowest BCUT2D eigenvalue weighted by molar-refractivity contribution is -0.136. The summed E-state index contributed by atoms with van der Waals surface area (Å²) in [5.41, 5.74) is 7.39. The van der Waals surface area contributed by atoms with Crippen molar-refractivity contribution in [2.24, 2.45) is 11.7 Å². The van der Waals surface area contributed by atoms with Gasteiger partial charge in [0, 0.05) is 43.2 Å². The topological polar surface area (TPSA) is 102 Å². The van der Waals surface area contributed by atoms with E-state index in [2.05, 4.69) is 4.72 Å². The van der Waals surface area contributed by atoms with Crippen LogP contribution in [0.4, 0.5) is 13.2 Å². The monoisotopic (exact) mass is 551 g/mol. The summed E-state index contributed by atoms with van der Waals surface area (Å²) in [7, 11) is -3.79. The number of nitrogens with zero attached hydrogens (tertiary/aromatic N) is 1. The van der Waals surface area contributed by atoms with Crippen LogP contribution in [-0.2, 0) is 27.7 Å². The SMILES string of the molecule is NC(Cc1cc(F)c(F)cc1F)C1CC2CCC(C1)N2C(=O)CCNS(=O)(=O)c1ccc2c(c1)OCCC2. The zero-order chi connectivity index (χ0) is 27.0. The maximum atomic E-state index is 14.1. The molecule has 2 fully saturated rings. The van der Waals surface area contributed by atoms with Gasteiger partial charge in [0.05, 0.1) is 11.5 Å². The van der Waals surface area contributed by atoms with E-state index in [0.717, 1.165) is 37.3 Å². The van der Waals surface area contributed by atoms with E-state index >= 15 is 0 Å². The molecule has 2 aromatic carbocycles. The first-order valence-electron chi connectivity index (χ1n) is 13.1. The second-order valence-electron chi connectivity index (χ2n) is 10.5. The molecule has 3 N–H and O–H groups in total. The van der Waals surface area contributed by atoms with Crippen molar-refractivity contribution in [3.05, 3.63) is 58.9 Å². The molecule has 3 atom stereocenters. The second kappa shape index (κ2) is 10.9. The Balaban J connectivity index is 1.15. The average molecular weight is 552 g/mol. The lowest BCUT2D eigenvalue weighted by Gasteiger charge is -2.41. The number of benzene rings is 2. The fraction of sp³-hybridized carbons (Fsp3) is 0.519. The van der Waals surface area contributed by atoms with E-state index in [4.69, 9.17) is 10.5 Å². The number of halogens is 3. The molecule has 1 amide bonds. The minimum absolute atomic E-state index is 0.00814. The molecule has 0 aromatic heterocycles. The third kappa shape index (κ3) is 5.55. The first-order valence-corrected chi connectivity index (χ1v) is 14.6. The first-order chi connectivity index (χ1) is 18.1. The number of carbonyl (C=O) groups is 1. The summed E-state index contributed by atoms with van der Waals surface area (Å²) < 4.78 is 74.6. The van der Waals surface area contributed by atoms with Crippen molar-refractivity contribution in [3.63, 3.8) is 0 Å². The number of ether oxygens (including phenoxy) is 1. The number of hydrogen-bond acceptors (Lipinski definition) is 5. The highest BCUT2D eigenvalue weighted by molar-refractivity contribution is 7.89. The fourth-order valence-electron chi connectivity index (χ4n) is 6.11. The number of amides is 1. The molecule has 3 aliphatic rings. The zero-order valence-electron chi connectivity index (χ0n) is 21.0. The van der Waals surface area contributed by atoms with Crippen molar-refractivity contribution in [2.45, 2.75) is 74.4 Å². The number of carbonyl (C=O) groups excluding carboxylic acids is 1. The minimum Gasteiger partial charge on any atom is -0.493 e. The van der Waals surface area contributed by atoms with Crippen molar-refractivity contribution in [2.75, 3.05) is 13.2 Å². The molecule has 3 aliphatic heterocycles. The normalized spacial score (nSPS) is 23.6. The van der Waals surface area contributed by atoms with Crippen LogP contribution in [0.5, 0.6) is 5.75 Å². The molecule has 5 rings (SSSR count). The van der Waals surface area contributed by atoms with E-state index in [1.807, 2.05) is 4.90 Å². The Bertz CT molecular complexity index is 1310. The van der Waals surface area contributed by atoms with Crippen LogP contribution < -0.4 is 15.2 Å². The lowest BCUT2D eigenvalue weighted by Crippen LogP contribution is -2.50. The Morgan fingerprint density at radius 2 is 1.79 bits per heavy atom. The third-order valence-corrected chi connectivity index (χ3v) is 9.49. The number of hydrogen-bond donors (Lipinski definition) is 2. The van der Waals surface area contributed by atoms with Crippen molar-refractivity contribution < 1.29 is 31.1 Å². The van der Waals surface area contributed by atoms with Crippen molar-refractivity contribution in [1.29, 1.82) is 0 Å². The van der Waals surface area contributed by atoms with E-state index in [9.17, 15) is 26.4 Å². The first kappa shape index (κ1) is 27.0. The van der Waals surface area contributed by atoms with E-state index in [1.54, 1.807) is 12.1 Å². The average Bonchev–Trinajstić information content (AvgIpc) is 3.15. The molecule has 3 unspecified atom stereocenters. The van der Waals surface area contributed by atoms with E-state index < -0.39 is 33.5 Å². The molecular formula is C27H32F3N3O4S. The van der Waals surface area contributed by atoms with Gasteiger partial charge in [-0.15, -0.1) is 0 Å². The van der Waals surface area contributed by atoms with Crippen molar-refractivity contribution >= 4 is 15.9 Å². The predicted octanol–water partition coefficient (Wildman–Crippen LogP) is 3.44. The van der Waals surface area contributed by atoms with Gasteiger partial charge < -0.3 is 15.4 Å². The quantitative estimate of drug-likeness (QED) is 0.490. The third-order valence-electron chi connectivity index (χ3n) is 8.04. The fourth-order valence-corrected chi connectivity index (χ4v) is 7.16. The summed E-state index contributed by atoms with van der Waals surface area (Å²) in [6.07, 6.45) is 4.77. The molecule has 2 bridgehead atoms. The molecule has 7 nitrogen and oxygen atoms in total. The van der Waals surface area contributed by atoms with Gasteiger partial charge in [0.15, 0.2) is 11.6 Å². The highest BCUT2D eigenvalue weighted by atomic mass is 32.2. The van der Waals surface area contributed by atoms with Gasteiger partial charge in [-0.1, -0.05) is 6.07 Å². The Morgan fingerprint density at radius 1 is 1.08 bits per heavy atom. The molecule has 0 aliphatic carbocycles. The standard InChI is InChI=1S/C27H32F3N3O4S/c28-22-15-24(30)23(29)12-17(22)13-25(31)18-10-19-4-5-20(11-18)33(19)27(34)7-8-32-38(35,36)21-6-3-16-2-1-9-37-26(16)14-21/h3,6,12,14-15,18-20,25,32H,1-2,4-5,7-11,13,31H2. The largest absolute Gasteiger partial charge is 0.493 e. The molecule has 2 aromatic rings. The van der Waals surface area contributed by atoms with Gasteiger partial charge >= 0.3 is 0 Å². The summed E-state index contributed by atoms with van der Waals surface area (Å²) in [5, 5.41) is 0. The second-order valence-corrected chi connectivity index (χ2v) is 12.3. The predicted molar refractivity (Wildman–Crippen MR) is 134 cm³/mol. The van der Waals surface area contributed by atoms with Crippen LogP contribution >= 0.6 is 0 Å². The summed E-state index contributed by atoms with van der Waals surface area (Å²) >= 11 is 0. The molecule has 0 spiro atoms. The summed E-state index contributed by atoms with van der Waals surface area (Å²) in [6.45, 7) is 0.539. The van der Waals surface area contributed by atoms with Gasteiger partial charge in [-0.3, -0.25) is 4.79 Å². The summed E-state index contributed by atoms with van der Waals surface area (Å²) in [6, 6.07) is 5.73. The number of rotatable bonds is 8. The van der Waals surface area contributed by atoms with Gasteiger partial charge in [-0.2, -0.15) is 0 Å². The van der Waals surface area contributed by atoms with E-state index in [-0.39, 0.29) is 53.8 Å². The minimum atomic E-state index is -3.79. The van der Waals surface area contributed by atoms with Crippen LogP contribution in [-0.4, -0.2) is 50.5 Å². The highest BCUT2D eigenvalue weighted by Gasteiger charge is 2.44. The van der Waals surface area contributed by atoms with Crippen molar-refractivity contribution in [1.82, 2.24) is 9.62 Å². The lowest BCUT2D eigenvalue weighted by atomic mass is 9.82. The molecule has 0 saturated carbocycles. The van der Waals surface area contributed by atoms with Gasteiger partial charge in [0.25, 0.3) is 0 Å². The molecule has 2 saturated heterocycles. The summed E-state index contributed by atoms with van der Waals surface area (Å²) in [5.74, 6) is -2.68. The maximum absolute atomic E-state index is 14.1. The molecule has 3 heterocycles. The number of sulfonamides is 1. The van der Waals surface area contributed by atoms with Crippen LogP contribution in [0, 0.1) is 23.4 Å². The van der Waals surface area contributed by atoms with E-state index in [1.165, 1.54) is 6.07 Å². The Hall–Kier alpha value is -2.63. The van der Waals surface area contributed by atoms with Gasteiger partial charge in [-0.05, 0) is 74.1 Å². The van der Waals surface area contributed by atoms with Gasteiger partial charge in [0.2, 0.25) is 15.9 Å². The molecular weight excluding hydrogens is 519 g/mol. The maximum Gasteiger partial charge on any atom is 0.240 e. The summed E-state index contributed by atoms with van der Waals surface area (Å²) in [4.78, 5) is 15.0. The number of fused-ring (bicyclic) bond motifs is 3. The number of aryl methyl sites for hydroxylation is 1. The van der Waals surface area contributed by atoms with Crippen LogP contribution in [0.2, 0.25) is 0 Å². The van der Waals surface area contributed by atoms with Crippen LogP contribution in [0.3, 0.4) is 0 Å². The Morgan fingerprint density at radius 3 is 2.53 bits per heavy atom. The molecule has 206 valence electrons. The van der Waals surface area contributed by atoms with Crippen molar-refractivity contribution in [3.8, 4) is 5.75 Å².